The van der Waals surface area contributed by atoms with Gasteiger partial charge in [0.05, 0.1) is 18.8 Å². The number of aromatic hydroxyl groups is 1. The van der Waals surface area contributed by atoms with Gasteiger partial charge in [-0.2, -0.15) is 0 Å². The highest BCUT2D eigenvalue weighted by atomic mass is 16.4. The Balaban J connectivity index is 1.80. The monoisotopic (exact) mass is 854 g/mol. The summed E-state index contributed by atoms with van der Waals surface area (Å²) in [5.74, 6) is -9.29. The number of carbonyl (C=O) groups is 8. The van der Waals surface area contributed by atoms with Crippen LogP contribution in [0.15, 0.2) is 54.7 Å². The van der Waals surface area contributed by atoms with Crippen molar-refractivity contribution in [1.82, 2.24) is 36.9 Å². The maximum atomic E-state index is 13.9. The van der Waals surface area contributed by atoms with Crippen LogP contribution in [0.5, 0.6) is 5.75 Å². The summed E-state index contributed by atoms with van der Waals surface area (Å²) in [6, 6.07) is 2.46. The molecule has 0 unspecified atom stereocenters. The predicted molar refractivity (Wildman–Crippen MR) is 217 cm³/mol. The van der Waals surface area contributed by atoms with Crippen LogP contribution < -0.4 is 37.6 Å². The number of benzene rings is 2. The quantitative estimate of drug-likeness (QED) is 0.0486. The Kier molecular flexibility index (Phi) is 18.2. The molecule has 1 aromatic heterocycles. The van der Waals surface area contributed by atoms with Gasteiger partial charge in [-0.15, -0.1) is 0 Å². The van der Waals surface area contributed by atoms with E-state index in [1.165, 1.54) is 38.1 Å². The molecule has 21 heteroatoms. The fraction of sp³-hybridized carbons (Fsp3) is 0.450. The molecule has 332 valence electrons. The number of aromatic amines is 1. The van der Waals surface area contributed by atoms with Crippen LogP contribution in [0, 0.1) is 5.92 Å². The van der Waals surface area contributed by atoms with Gasteiger partial charge in [0.15, 0.2) is 0 Å². The van der Waals surface area contributed by atoms with E-state index in [0.717, 1.165) is 10.9 Å². The van der Waals surface area contributed by atoms with Crippen LogP contribution in [0.1, 0.15) is 51.7 Å². The zero-order chi connectivity index (χ0) is 45.6. The second-order valence-corrected chi connectivity index (χ2v) is 14.9. The SMILES string of the molecule is CC(C)[C@H](NC(=O)[C@H](Cc1ccc(O)cc1)NC(=O)[C@H](CO)NC(=O)[C@H](CCC(=O)O)NC(=O)[C@@H](N)Cc1c[nH]c2ccccc12)C(=O)N[C@H](C(=O)N[C@@H](C)C(=O)O)[C@@H](C)O. The number of carboxylic acid groups (broad SMARTS) is 2. The number of aliphatic carboxylic acids is 2. The first-order valence-corrected chi connectivity index (χ1v) is 19.4. The van der Waals surface area contributed by atoms with Gasteiger partial charge in [-0.25, -0.2) is 0 Å². The summed E-state index contributed by atoms with van der Waals surface area (Å²) in [6.45, 7) is 4.43. The highest BCUT2D eigenvalue weighted by Crippen LogP contribution is 2.19. The van der Waals surface area contributed by atoms with Crippen LogP contribution in [0.2, 0.25) is 0 Å². The fourth-order valence-corrected chi connectivity index (χ4v) is 6.06. The molecule has 21 nitrogen and oxygen atoms in total. The van der Waals surface area contributed by atoms with E-state index >= 15 is 0 Å². The number of phenolic OH excluding ortho intramolecular Hbond substituents is 1. The first kappa shape index (κ1) is 48.8. The minimum Gasteiger partial charge on any atom is -0.508 e. The average Bonchev–Trinajstić information content (AvgIpc) is 3.61. The zero-order valence-electron chi connectivity index (χ0n) is 34.0. The van der Waals surface area contributed by atoms with Crippen LogP contribution in [-0.4, -0.2) is 133 Å². The number of para-hydroxylation sites is 1. The number of amides is 6. The lowest BCUT2D eigenvalue weighted by atomic mass is 10.00. The van der Waals surface area contributed by atoms with E-state index in [2.05, 4.69) is 36.9 Å². The van der Waals surface area contributed by atoms with E-state index in [9.17, 15) is 58.8 Å². The average molecular weight is 855 g/mol. The number of hydrogen-bond donors (Lipinski definition) is 13. The van der Waals surface area contributed by atoms with Crippen LogP contribution in [0.3, 0.4) is 0 Å². The van der Waals surface area contributed by atoms with Gasteiger partial charge in [-0.1, -0.05) is 44.2 Å². The molecule has 61 heavy (non-hydrogen) atoms. The topological polar surface area (TPSA) is 352 Å². The number of H-pyrrole nitrogens is 1. The largest absolute Gasteiger partial charge is 0.508 e. The second kappa shape index (κ2) is 22.7. The van der Waals surface area contributed by atoms with E-state index in [4.69, 9.17) is 10.8 Å². The highest BCUT2D eigenvalue weighted by molar-refractivity contribution is 5.97. The van der Waals surface area contributed by atoms with Crippen molar-refractivity contribution in [2.45, 2.75) is 102 Å². The Morgan fingerprint density at radius 2 is 1.23 bits per heavy atom. The summed E-state index contributed by atoms with van der Waals surface area (Å²) in [7, 11) is 0. The highest BCUT2D eigenvalue weighted by Gasteiger charge is 2.35. The number of fused-ring (bicyclic) bond motifs is 1. The van der Waals surface area contributed by atoms with Crippen LogP contribution >= 0.6 is 0 Å². The van der Waals surface area contributed by atoms with Gasteiger partial charge < -0.3 is 68.2 Å². The zero-order valence-corrected chi connectivity index (χ0v) is 34.0. The smallest absolute Gasteiger partial charge is 0.325 e. The Labute approximate surface area is 350 Å². The standard InChI is InChI=1S/C40H54N8O13/c1-19(2)32(38(58)48-33(21(4)50)39(59)43-20(3)40(60)61)47-36(56)29(15-22-9-11-24(51)12-10-22)45-37(57)30(18-49)46-35(55)28(13-14-31(52)53)44-34(54)26(41)16-23-17-42-27-8-6-5-7-25(23)27/h5-12,17,19-21,26,28-30,32-33,42,49-51H,13-16,18,41H2,1-4H3,(H,43,59)(H,44,54)(H,45,57)(H,46,55)(H,47,56)(H,48,58)(H,52,53)(H,60,61)/t20-,21+,26-,28-,29-,30-,32-,33-/m0/s1. The molecule has 0 fully saturated rings. The maximum absolute atomic E-state index is 13.9. The van der Waals surface area contributed by atoms with Crippen molar-refractivity contribution in [2.75, 3.05) is 6.61 Å². The van der Waals surface area contributed by atoms with Crippen molar-refractivity contribution >= 4 is 58.3 Å². The summed E-state index contributed by atoms with van der Waals surface area (Å²) < 4.78 is 0. The molecule has 3 aromatic rings. The second-order valence-electron chi connectivity index (χ2n) is 14.9. The Hall–Kier alpha value is -6.58. The van der Waals surface area contributed by atoms with Crippen molar-refractivity contribution in [3.63, 3.8) is 0 Å². The lowest BCUT2D eigenvalue weighted by Gasteiger charge is -2.29. The molecular weight excluding hydrogens is 800 g/mol. The number of hydrogen-bond acceptors (Lipinski definition) is 12. The van der Waals surface area contributed by atoms with E-state index in [0.29, 0.717) is 11.1 Å². The molecule has 0 spiro atoms. The van der Waals surface area contributed by atoms with Gasteiger partial charge in [0, 0.05) is 29.9 Å². The first-order chi connectivity index (χ1) is 28.7. The molecule has 0 saturated carbocycles. The van der Waals surface area contributed by atoms with Gasteiger partial charge in [-0.05, 0) is 61.9 Å². The summed E-state index contributed by atoms with van der Waals surface area (Å²) in [5.41, 5.74) is 8.11. The molecule has 1 heterocycles. The van der Waals surface area contributed by atoms with Crippen molar-refractivity contribution in [3.8, 4) is 5.75 Å². The van der Waals surface area contributed by atoms with E-state index < -0.39 is 121 Å². The van der Waals surface area contributed by atoms with E-state index in [1.807, 2.05) is 24.3 Å². The fourth-order valence-electron chi connectivity index (χ4n) is 6.06. The molecule has 14 N–H and O–H groups in total. The normalized spacial score (nSPS) is 15.1. The van der Waals surface area contributed by atoms with Crippen LogP contribution in [0.4, 0.5) is 0 Å². The van der Waals surface area contributed by atoms with Crippen molar-refractivity contribution in [2.24, 2.45) is 11.7 Å². The Bertz CT molecular complexity index is 2040. The number of aliphatic hydroxyl groups excluding tert-OH is 2. The Morgan fingerprint density at radius 1 is 0.672 bits per heavy atom. The summed E-state index contributed by atoms with van der Waals surface area (Å²) in [5, 5.41) is 63.7. The van der Waals surface area contributed by atoms with Crippen molar-refractivity contribution in [3.05, 3.63) is 65.9 Å². The lowest BCUT2D eigenvalue weighted by Crippen LogP contribution is -2.62. The molecule has 0 aliphatic carbocycles. The molecular formula is C40H54N8O13. The summed E-state index contributed by atoms with van der Waals surface area (Å²) >= 11 is 0. The molecule has 0 aliphatic heterocycles. The number of rotatable bonds is 23. The molecule has 8 atom stereocenters. The number of aromatic nitrogens is 1. The molecule has 3 rings (SSSR count). The number of nitrogens with two attached hydrogens (primary N) is 1. The van der Waals surface area contributed by atoms with E-state index in [-0.39, 0.29) is 18.6 Å². The minimum atomic E-state index is -1.76. The van der Waals surface area contributed by atoms with Crippen molar-refractivity contribution < 1.29 is 63.9 Å². The molecule has 0 saturated heterocycles. The van der Waals surface area contributed by atoms with Gasteiger partial charge in [-0.3, -0.25) is 38.4 Å². The third-order valence-corrected chi connectivity index (χ3v) is 9.59. The molecule has 2 aromatic carbocycles. The molecule has 6 amide bonds. The number of carboxylic acids is 2. The maximum Gasteiger partial charge on any atom is 0.325 e. The van der Waals surface area contributed by atoms with Gasteiger partial charge >= 0.3 is 11.9 Å². The minimum absolute atomic E-state index is 0.0527. The predicted octanol–water partition coefficient (Wildman–Crippen LogP) is -2.11. The van der Waals surface area contributed by atoms with E-state index in [1.54, 1.807) is 20.0 Å². The third kappa shape index (κ3) is 14.6. The van der Waals surface area contributed by atoms with Crippen molar-refractivity contribution in [1.29, 1.82) is 0 Å². The van der Waals surface area contributed by atoms with Crippen LogP contribution in [-0.2, 0) is 51.2 Å². The number of carbonyl (C=O) groups excluding carboxylic acids is 6. The Morgan fingerprint density at radius 3 is 1.82 bits per heavy atom. The third-order valence-electron chi connectivity index (χ3n) is 9.59. The van der Waals surface area contributed by atoms with Gasteiger partial charge in [0.25, 0.3) is 0 Å². The van der Waals surface area contributed by atoms with Gasteiger partial charge in [0.1, 0.15) is 42.0 Å². The summed E-state index contributed by atoms with van der Waals surface area (Å²) in [4.78, 5) is 106. The lowest BCUT2D eigenvalue weighted by molar-refractivity contribution is -0.142. The first-order valence-electron chi connectivity index (χ1n) is 19.4. The number of aliphatic hydroxyl groups is 2. The van der Waals surface area contributed by atoms with Gasteiger partial charge in [0.2, 0.25) is 35.4 Å². The number of phenols is 1. The molecule has 0 aliphatic rings. The molecule has 0 bridgehead atoms. The van der Waals surface area contributed by atoms with Crippen LogP contribution in [0.25, 0.3) is 10.9 Å². The number of nitrogens with one attached hydrogen (secondary N) is 7. The molecule has 0 radical (unpaired) electrons. The summed E-state index contributed by atoms with van der Waals surface area (Å²) in [6.07, 6.45) is -1.02.